The van der Waals surface area contributed by atoms with Gasteiger partial charge in [-0.2, -0.15) is 0 Å². The molecule has 4 radical (unpaired) electrons. The summed E-state index contributed by atoms with van der Waals surface area (Å²) in [7, 11) is 0. The molecule has 0 aliphatic heterocycles. The summed E-state index contributed by atoms with van der Waals surface area (Å²) in [4.78, 5) is 0. The fourth-order valence-electron chi connectivity index (χ4n) is 0. The first-order chi connectivity index (χ1) is 0. The average molecular weight is 540 g/mol. The van der Waals surface area contributed by atoms with Gasteiger partial charge in [-0.3, -0.25) is 0 Å². The summed E-state index contributed by atoms with van der Waals surface area (Å²) in [6.07, 6.45) is 0. The van der Waals surface area contributed by atoms with Gasteiger partial charge in [-0.1, -0.05) is 0 Å². The van der Waals surface area contributed by atoms with E-state index in [0.29, 0.717) is 0 Å². The predicted octanol–water partition coefficient (Wildman–Crippen LogP) is -0.361. The van der Waals surface area contributed by atoms with E-state index in [1.165, 1.54) is 0 Å². The molecule has 7 heavy (non-hydrogen) atoms. The SMILES string of the molecule is [Gd+3].[Gd+3].[O-2].[O-2].[O-2].[Y].[Y]. The van der Waals surface area contributed by atoms with Gasteiger partial charge in [-0.15, -0.1) is 0 Å². The molecule has 0 aromatic rings. The summed E-state index contributed by atoms with van der Waals surface area (Å²) in [5.74, 6) is 0. The van der Waals surface area contributed by atoms with Crippen LogP contribution in [0.5, 0.6) is 0 Å². The van der Waals surface area contributed by atoms with Gasteiger partial charge >= 0.3 is 79.9 Å². The smallest absolute Gasteiger partial charge is 2.00 e. The molecule has 0 rings (SSSR count). The van der Waals surface area contributed by atoms with E-state index >= 15 is 0 Å². The quantitative estimate of drug-likeness (QED) is 0.402. The minimum atomic E-state index is 0. The largest absolute Gasteiger partial charge is 3.00 e. The van der Waals surface area contributed by atoms with Crippen molar-refractivity contribution in [2.45, 2.75) is 0 Å². The summed E-state index contributed by atoms with van der Waals surface area (Å²) in [5.41, 5.74) is 0. The molecule has 7 heteroatoms. The van der Waals surface area contributed by atoms with E-state index in [2.05, 4.69) is 0 Å². The second-order valence-electron chi connectivity index (χ2n) is 0. The van der Waals surface area contributed by atoms with Gasteiger partial charge in [0.05, 0.1) is 0 Å². The topological polar surface area (TPSA) is 85.5 Å². The van der Waals surface area contributed by atoms with Crippen LogP contribution in [0.15, 0.2) is 0 Å². The van der Waals surface area contributed by atoms with Crippen LogP contribution in [0, 0.1) is 79.9 Å². The van der Waals surface area contributed by atoms with Crippen molar-refractivity contribution in [2.24, 2.45) is 0 Å². The maximum atomic E-state index is 0. The normalized spacial score (nSPS) is 0. The Morgan fingerprint density at radius 3 is 0.429 bits per heavy atom. The molecule has 0 aliphatic carbocycles. The molecule has 0 N–H and O–H groups in total. The summed E-state index contributed by atoms with van der Waals surface area (Å²) in [6.45, 7) is 0. The van der Waals surface area contributed by atoms with Gasteiger partial charge in [0.15, 0.2) is 0 Å². The van der Waals surface area contributed by atoms with Crippen LogP contribution in [0.3, 0.4) is 0 Å². The summed E-state index contributed by atoms with van der Waals surface area (Å²) in [5, 5.41) is 0. The maximum absolute atomic E-state index is 0. The summed E-state index contributed by atoms with van der Waals surface area (Å²) >= 11 is 0. The van der Waals surface area contributed by atoms with Crippen LogP contribution < -0.4 is 0 Å². The Labute approximate surface area is 157 Å². The van der Waals surface area contributed by atoms with Gasteiger partial charge in [0.25, 0.3) is 0 Å². The molecule has 0 amide bonds. The van der Waals surface area contributed by atoms with Crippen LogP contribution >= 0.6 is 0 Å². The molecule has 3 nitrogen and oxygen atoms in total. The Hall–Kier alpha value is 4.74. The minimum absolute atomic E-state index is 0. The second-order valence-corrected chi connectivity index (χ2v) is 0. The summed E-state index contributed by atoms with van der Waals surface area (Å²) < 4.78 is 0. The first kappa shape index (κ1) is 60.3. The molecule has 0 saturated heterocycles. The van der Waals surface area contributed by atoms with E-state index in [0.717, 1.165) is 0 Å². The Balaban J connectivity index is 0. The van der Waals surface area contributed by atoms with Gasteiger partial charge in [-0.25, -0.2) is 0 Å². The third-order valence-corrected chi connectivity index (χ3v) is 0. The van der Waals surface area contributed by atoms with Gasteiger partial charge in [0, 0.05) is 65.4 Å². The third-order valence-electron chi connectivity index (χ3n) is 0. The van der Waals surface area contributed by atoms with Crippen molar-refractivity contribution < 1.29 is 162 Å². The zero-order valence-corrected chi connectivity index (χ0v) is 13.3. The van der Waals surface area contributed by atoms with Gasteiger partial charge in [-0.05, 0) is 0 Å². The molecule has 0 unspecified atom stereocenters. The molecule has 0 spiro atoms. The van der Waals surface area contributed by atoms with Crippen LogP contribution in [-0.2, 0) is 81.8 Å². The van der Waals surface area contributed by atoms with Gasteiger partial charge in [0.2, 0.25) is 0 Å². The van der Waals surface area contributed by atoms with Crippen LogP contribution in [0.1, 0.15) is 0 Å². The van der Waals surface area contributed by atoms with Crippen LogP contribution in [-0.4, -0.2) is 0 Å². The van der Waals surface area contributed by atoms with Crippen molar-refractivity contribution in [1.29, 1.82) is 0 Å². The molecule has 0 heterocycles. The van der Waals surface area contributed by atoms with Crippen molar-refractivity contribution in [1.82, 2.24) is 0 Å². The first-order valence-corrected chi connectivity index (χ1v) is 0. The molecule has 0 saturated carbocycles. The molecular formula is Gd2O3Y2. The average Bonchev–Trinajstić information content (AvgIpc) is 0. The van der Waals surface area contributed by atoms with Crippen LogP contribution in [0.4, 0.5) is 0 Å². The van der Waals surface area contributed by atoms with Crippen molar-refractivity contribution in [3.63, 3.8) is 0 Å². The van der Waals surface area contributed by atoms with Crippen molar-refractivity contribution >= 4 is 0 Å². The van der Waals surface area contributed by atoms with E-state index in [1.54, 1.807) is 0 Å². The van der Waals surface area contributed by atoms with Gasteiger partial charge < -0.3 is 16.4 Å². The van der Waals surface area contributed by atoms with E-state index in [9.17, 15) is 0 Å². The molecule has 0 aromatic heterocycles. The second kappa shape index (κ2) is 45.4. The molecule has 0 atom stereocenters. The number of hydrogen-bond donors (Lipinski definition) is 0. The Bertz CT molecular complexity index is 10.9. The predicted molar refractivity (Wildman–Crippen MR) is 2.06 cm³/mol. The molecular weight excluding hydrogens is 540 g/mol. The fourth-order valence-corrected chi connectivity index (χ4v) is 0. The fraction of sp³-hybridized carbons (Fsp3) is 0. The van der Waals surface area contributed by atoms with Crippen LogP contribution in [0.25, 0.3) is 0 Å². The van der Waals surface area contributed by atoms with Crippen molar-refractivity contribution in [3.05, 3.63) is 0 Å². The number of rotatable bonds is 0. The summed E-state index contributed by atoms with van der Waals surface area (Å²) in [6, 6.07) is 0. The van der Waals surface area contributed by atoms with E-state index in [1.807, 2.05) is 0 Å². The van der Waals surface area contributed by atoms with E-state index in [4.69, 9.17) is 0 Å². The standard InChI is InChI=1S/2Gd.3O.2Y/q2*+3;3*-2;;. The molecule has 0 aliphatic rings. The monoisotopic (exact) mass is 542 g/mol. The van der Waals surface area contributed by atoms with Gasteiger partial charge in [0.1, 0.15) is 0 Å². The minimum Gasteiger partial charge on any atom is -2.00 e. The number of hydrogen-bond acceptors (Lipinski definition) is 0. The Kier molecular flexibility index (Phi) is 391. The van der Waals surface area contributed by atoms with E-state index < -0.39 is 0 Å². The van der Waals surface area contributed by atoms with Crippen LogP contribution in [0.2, 0.25) is 0 Å². The Morgan fingerprint density at radius 1 is 0.429 bits per heavy atom. The zero-order chi connectivity index (χ0) is 0. The molecule has 0 bridgehead atoms. The zero-order valence-electron chi connectivity index (χ0n) is 3.09. The third kappa shape index (κ3) is 36.5. The maximum Gasteiger partial charge on any atom is 3.00 e. The van der Waals surface area contributed by atoms with E-state index in [-0.39, 0.29) is 162 Å². The van der Waals surface area contributed by atoms with Crippen molar-refractivity contribution in [3.8, 4) is 0 Å². The van der Waals surface area contributed by atoms with Crippen molar-refractivity contribution in [2.75, 3.05) is 0 Å². The molecule has 40 valence electrons. The Morgan fingerprint density at radius 2 is 0.429 bits per heavy atom. The first-order valence-electron chi connectivity index (χ1n) is 0. The molecule has 0 aromatic carbocycles. The molecule has 0 fully saturated rings.